The van der Waals surface area contributed by atoms with Crippen molar-refractivity contribution in [1.29, 1.82) is 0 Å². The largest absolute Gasteiger partial charge is 0.356 e. The van der Waals surface area contributed by atoms with E-state index >= 15 is 0 Å². The quantitative estimate of drug-likeness (QED) is 0.544. The molecule has 0 bridgehead atoms. The molecule has 0 saturated heterocycles. The molecule has 1 amide bonds. The molecule has 0 aromatic heterocycles. The molecule has 3 nitrogen and oxygen atoms in total. The van der Waals surface area contributed by atoms with E-state index in [0.717, 1.165) is 12.0 Å². The number of carbonyl (C=O) groups excluding carboxylic acids is 1. The van der Waals surface area contributed by atoms with Gasteiger partial charge in [0.15, 0.2) is 0 Å². The van der Waals surface area contributed by atoms with Gasteiger partial charge < -0.3 is 11.1 Å². The predicted octanol–water partition coefficient (Wildman–Crippen LogP) is 0.0275. The van der Waals surface area contributed by atoms with Crippen molar-refractivity contribution in [2.75, 3.05) is 13.1 Å². The van der Waals surface area contributed by atoms with Crippen LogP contribution in [0.1, 0.15) is 13.3 Å². The van der Waals surface area contributed by atoms with Crippen LogP contribution >= 0.6 is 0 Å². The van der Waals surface area contributed by atoms with Gasteiger partial charge in [-0.15, -0.1) is 0 Å². The fourth-order valence-electron chi connectivity index (χ4n) is 0.517. The maximum Gasteiger partial charge on any atom is 0.216 e. The normalized spacial score (nSPS) is 9.00. The summed E-state index contributed by atoms with van der Waals surface area (Å²) in [4.78, 5) is 10.3. The minimum atomic E-state index is -0.00942. The van der Waals surface area contributed by atoms with Crippen molar-refractivity contribution < 1.29 is 4.79 Å². The van der Waals surface area contributed by atoms with Crippen LogP contribution in [0.2, 0.25) is 0 Å². The van der Waals surface area contributed by atoms with Crippen molar-refractivity contribution in [3.8, 4) is 0 Å². The van der Waals surface area contributed by atoms with Gasteiger partial charge in [-0.2, -0.15) is 0 Å². The first-order valence-corrected chi connectivity index (χ1v) is 3.28. The smallest absolute Gasteiger partial charge is 0.216 e. The lowest BCUT2D eigenvalue weighted by atomic mass is 10.2. The van der Waals surface area contributed by atoms with E-state index in [1.165, 1.54) is 6.92 Å². The first-order chi connectivity index (χ1) is 4.66. The van der Waals surface area contributed by atoms with Gasteiger partial charge in [-0.1, -0.05) is 12.2 Å². The molecule has 0 aromatic rings. The molecule has 0 spiro atoms. The number of nitrogens with two attached hydrogens (primary N) is 1. The highest BCUT2D eigenvalue weighted by atomic mass is 16.1. The minimum Gasteiger partial charge on any atom is -0.356 e. The Morgan fingerprint density at radius 3 is 2.70 bits per heavy atom. The van der Waals surface area contributed by atoms with Crippen LogP contribution in [-0.2, 0) is 4.79 Å². The Balaban J connectivity index is 3.20. The lowest BCUT2D eigenvalue weighted by molar-refractivity contribution is -0.118. The summed E-state index contributed by atoms with van der Waals surface area (Å²) in [6.07, 6.45) is 0.774. The average Bonchev–Trinajstić information content (AvgIpc) is 1.87. The molecule has 0 aliphatic heterocycles. The summed E-state index contributed by atoms with van der Waals surface area (Å²) in [5, 5.41) is 2.66. The van der Waals surface area contributed by atoms with E-state index in [2.05, 4.69) is 11.9 Å². The molecule has 0 radical (unpaired) electrons. The Bertz CT molecular complexity index is 132. The molecule has 0 aliphatic carbocycles. The first kappa shape index (κ1) is 9.17. The predicted molar refractivity (Wildman–Crippen MR) is 41.5 cm³/mol. The zero-order valence-electron chi connectivity index (χ0n) is 6.31. The Labute approximate surface area is 61.3 Å². The van der Waals surface area contributed by atoms with E-state index in [4.69, 9.17) is 5.73 Å². The molecule has 0 atom stereocenters. The van der Waals surface area contributed by atoms with Crippen LogP contribution in [-0.4, -0.2) is 19.0 Å². The van der Waals surface area contributed by atoms with Gasteiger partial charge in [-0.3, -0.25) is 4.79 Å². The molecule has 0 aromatic carbocycles. The third-order valence-corrected chi connectivity index (χ3v) is 1.14. The van der Waals surface area contributed by atoms with Gasteiger partial charge in [-0.25, -0.2) is 0 Å². The van der Waals surface area contributed by atoms with Gasteiger partial charge in [0.2, 0.25) is 5.91 Å². The second-order valence-corrected chi connectivity index (χ2v) is 2.19. The molecule has 0 saturated carbocycles. The Morgan fingerprint density at radius 2 is 2.30 bits per heavy atom. The summed E-state index contributed by atoms with van der Waals surface area (Å²) >= 11 is 0. The van der Waals surface area contributed by atoms with Crippen LogP contribution in [0.5, 0.6) is 0 Å². The molecule has 3 heteroatoms. The number of amides is 1. The monoisotopic (exact) mass is 142 g/mol. The second kappa shape index (κ2) is 4.99. The van der Waals surface area contributed by atoms with Crippen LogP contribution in [0.4, 0.5) is 0 Å². The van der Waals surface area contributed by atoms with E-state index in [1.54, 1.807) is 0 Å². The molecule has 0 unspecified atom stereocenters. The summed E-state index contributed by atoms with van der Waals surface area (Å²) in [5.41, 5.74) is 6.24. The lowest BCUT2D eigenvalue weighted by Gasteiger charge is -2.01. The highest BCUT2D eigenvalue weighted by molar-refractivity contribution is 5.72. The third kappa shape index (κ3) is 5.31. The number of hydrogen-bond donors (Lipinski definition) is 2. The summed E-state index contributed by atoms with van der Waals surface area (Å²) in [6, 6.07) is 0. The zero-order valence-corrected chi connectivity index (χ0v) is 6.31. The summed E-state index contributed by atoms with van der Waals surface area (Å²) < 4.78 is 0. The Kier molecular flexibility index (Phi) is 4.58. The maximum atomic E-state index is 10.3. The number of carbonyl (C=O) groups is 1. The van der Waals surface area contributed by atoms with E-state index in [-0.39, 0.29) is 5.91 Å². The lowest BCUT2D eigenvalue weighted by Crippen LogP contribution is -2.22. The van der Waals surface area contributed by atoms with Crippen molar-refractivity contribution >= 4 is 5.91 Å². The summed E-state index contributed by atoms with van der Waals surface area (Å²) in [5.74, 6) is -0.00942. The molecule has 0 aliphatic rings. The molecule has 0 heterocycles. The summed E-state index contributed by atoms with van der Waals surface area (Å²) in [7, 11) is 0. The third-order valence-electron chi connectivity index (χ3n) is 1.14. The molecular weight excluding hydrogens is 128 g/mol. The topological polar surface area (TPSA) is 55.1 Å². The number of hydrogen-bond acceptors (Lipinski definition) is 2. The zero-order chi connectivity index (χ0) is 7.98. The molecular formula is C7H14N2O. The fraction of sp³-hybridized carbons (Fsp3) is 0.571. The first-order valence-electron chi connectivity index (χ1n) is 3.28. The number of nitrogens with one attached hydrogen (secondary N) is 1. The molecule has 0 fully saturated rings. The van der Waals surface area contributed by atoms with E-state index in [0.29, 0.717) is 13.1 Å². The van der Waals surface area contributed by atoms with Crippen LogP contribution in [0.3, 0.4) is 0 Å². The standard InChI is InChI=1S/C7H14N2O/c1-6(5-8)3-4-9-7(2)10/h1,3-5,8H2,2H3,(H,9,10). The van der Waals surface area contributed by atoms with Crippen molar-refractivity contribution in [2.24, 2.45) is 5.73 Å². The molecule has 0 rings (SSSR count). The Morgan fingerprint density at radius 1 is 1.70 bits per heavy atom. The summed E-state index contributed by atoms with van der Waals surface area (Å²) in [6.45, 7) is 6.33. The minimum absolute atomic E-state index is 0.00942. The van der Waals surface area contributed by atoms with Gasteiger partial charge in [0.25, 0.3) is 0 Å². The SMILES string of the molecule is C=C(CN)CCNC(C)=O. The molecule has 58 valence electrons. The van der Waals surface area contributed by atoms with E-state index in [1.807, 2.05) is 0 Å². The van der Waals surface area contributed by atoms with Gasteiger partial charge in [0.1, 0.15) is 0 Å². The average molecular weight is 142 g/mol. The van der Waals surface area contributed by atoms with Crippen LogP contribution in [0.15, 0.2) is 12.2 Å². The highest BCUT2D eigenvalue weighted by Crippen LogP contribution is 1.90. The highest BCUT2D eigenvalue weighted by Gasteiger charge is 1.91. The van der Waals surface area contributed by atoms with Crippen LogP contribution in [0, 0.1) is 0 Å². The van der Waals surface area contributed by atoms with Crippen molar-refractivity contribution in [1.82, 2.24) is 5.32 Å². The van der Waals surface area contributed by atoms with E-state index in [9.17, 15) is 4.79 Å². The maximum absolute atomic E-state index is 10.3. The van der Waals surface area contributed by atoms with Crippen molar-refractivity contribution in [3.05, 3.63) is 12.2 Å². The van der Waals surface area contributed by atoms with Gasteiger partial charge >= 0.3 is 0 Å². The van der Waals surface area contributed by atoms with Gasteiger partial charge in [0.05, 0.1) is 0 Å². The Hall–Kier alpha value is -0.830. The molecule has 10 heavy (non-hydrogen) atoms. The van der Waals surface area contributed by atoms with Crippen LogP contribution in [0.25, 0.3) is 0 Å². The van der Waals surface area contributed by atoms with Crippen molar-refractivity contribution in [2.45, 2.75) is 13.3 Å². The van der Waals surface area contributed by atoms with Crippen LogP contribution < -0.4 is 11.1 Å². The second-order valence-electron chi connectivity index (χ2n) is 2.19. The fourth-order valence-corrected chi connectivity index (χ4v) is 0.517. The molecule has 3 N–H and O–H groups in total. The van der Waals surface area contributed by atoms with Crippen molar-refractivity contribution in [3.63, 3.8) is 0 Å². The van der Waals surface area contributed by atoms with Gasteiger partial charge in [-0.05, 0) is 6.42 Å². The van der Waals surface area contributed by atoms with E-state index < -0.39 is 0 Å². The van der Waals surface area contributed by atoms with Gasteiger partial charge in [0, 0.05) is 20.0 Å². The number of rotatable bonds is 4.